The van der Waals surface area contributed by atoms with Crippen molar-refractivity contribution in [3.05, 3.63) is 68.0 Å². The third kappa shape index (κ3) is 6.45. The quantitative estimate of drug-likeness (QED) is 0.385. The Hall–Kier alpha value is -2.10. The molecule has 0 fully saturated rings. The van der Waals surface area contributed by atoms with Crippen LogP contribution in [0.4, 0.5) is 0 Å². The first-order valence-electron chi connectivity index (χ1n) is 11.9. The second-order valence-corrected chi connectivity index (χ2v) is 8.69. The number of benzene rings is 1. The van der Waals surface area contributed by atoms with Gasteiger partial charge in [-0.15, -0.1) is 0 Å². The van der Waals surface area contributed by atoms with Crippen molar-refractivity contribution in [2.45, 2.75) is 104 Å². The molecular formula is C26H40N2O2. The van der Waals surface area contributed by atoms with Gasteiger partial charge in [-0.05, 0) is 24.3 Å². The fraction of sp³-hybridized carbons (Fsp3) is 0.615. The number of rotatable bonds is 13. The van der Waals surface area contributed by atoms with Crippen molar-refractivity contribution < 1.29 is 0 Å². The highest BCUT2D eigenvalue weighted by molar-refractivity contribution is 5.29. The molecule has 166 valence electrons. The van der Waals surface area contributed by atoms with E-state index in [2.05, 4.69) is 39.8 Å². The number of hydrogen-bond acceptors (Lipinski definition) is 2. The molecule has 0 aliphatic carbocycles. The summed E-state index contributed by atoms with van der Waals surface area (Å²) in [6.45, 7) is 9.72. The van der Waals surface area contributed by atoms with Crippen LogP contribution in [0.3, 0.4) is 0 Å². The van der Waals surface area contributed by atoms with Gasteiger partial charge in [0.15, 0.2) is 0 Å². The van der Waals surface area contributed by atoms with E-state index in [0.29, 0.717) is 19.5 Å². The van der Waals surface area contributed by atoms with E-state index in [1.165, 1.54) is 17.4 Å². The SMILES string of the molecule is CCCCCCn1c(Cc2ccccc2)c(C(C)C)c(=O)n(CCCCCC)c1=O. The Labute approximate surface area is 182 Å². The van der Waals surface area contributed by atoms with Crippen LogP contribution in [0.2, 0.25) is 0 Å². The molecule has 2 aromatic rings. The summed E-state index contributed by atoms with van der Waals surface area (Å²) in [6.07, 6.45) is 9.28. The molecule has 0 N–H and O–H groups in total. The van der Waals surface area contributed by atoms with Gasteiger partial charge in [-0.2, -0.15) is 0 Å². The second kappa shape index (κ2) is 12.6. The van der Waals surface area contributed by atoms with Gasteiger partial charge >= 0.3 is 5.69 Å². The summed E-state index contributed by atoms with van der Waals surface area (Å²) in [7, 11) is 0. The summed E-state index contributed by atoms with van der Waals surface area (Å²) in [4.78, 5) is 26.8. The van der Waals surface area contributed by atoms with Crippen LogP contribution in [0.15, 0.2) is 39.9 Å². The minimum absolute atomic E-state index is 0.0813. The summed E-state index contributed by atoms with van der Waals surface area (Å²) < 4.78 is 3.43. The average Bonchev–Trinajstić information content (AvgIpc) is 2.73. The zero-order chi connectivity index (χ0) is 21.9. The third-order valence-electron chi connectivity index (χ3n) is 5.84. The summed E-state index contributed by atoms with van der Waals surface area (Å²) >= 11 is 0. The molecule has 0 amide bonds. The normalized spacial score (nSPS) is 11.4. The van der Waals surface area contributed by atoms with E-state index in [9.17, 15) is 9.59 Å². The topological polar surface area (TPSA) is 44.0 Å². The Bertz CT molecular complexity index is 878. The summed E-state index contributed by atoms with van der Waals surface area (Å²) in [5.41, 5.74) is 2.66. The lowest BCUT2D eigenvalue weighted by molar-refractivity contribution is 0.477. The first-order valence-corrected chi connectivity index (χ1v) is 11.9. The Kier molecular flexibility index (Phi) is 10.1. The molecule has 0 unspecified atom stereocenters. The molecule has 2 rings (SSSR count). The molecule has 30 heavy (non-hydrogen) atoms. The Morgan fingerprint density at radius 2 is 1.33 bits per heavy atom. The highest BCUT2D eigenvalue weighted by atomic mass is 16.2. The maximum Gasteiger partial charge on any atom is 0.331 e. The molecule has 0 aliphatic rings. The van der Waals surface area contributed by atoms with Gasteiger partial charge in [-0.3, -0.25) is 13.9 Å². The predicted octanol–water partition coefficient (Wildman–Crippen LogP) is 5.88. The molecule has 0 aliphatic heterocycles. The molecule has 0 saturated carbocycles. The average molecular weight is 413 g/mol. The number of hydrogen-bond donors (Lipinski definition) is 0. The first kappa shape index (κ1) is 24.2. The minimum Gasteiger partial charge on any atom is -0.297 e. The number of unbranched alkanes of at least 4 members (excludes halogenated alkanes) is 6. The van der Waals surface area contributed by atoms with Crippen LogP contribution in [0, 0.1) is 0 Å². The van der Waals surface area contributed by atoms with Gasteiger partial charge in [0.05, 0.1) is 0 Å². The van der Waals surface area contributed by atoms with E-state index in [1.807, 2.05) is 22.8 Å². The lowest BCUT2D eigenvalue weighted by Crippen LogP contribution is -2.44. The van der Waals surface area contributed by atoms with Crippen LogP contribution < -0.4 is 11.2 Å². The molecule has 1 aromatic carbocycles. The van der Waals surface area contributed by atoms with Gasteiger partial charge < -0.3 is 0 Å². The van der Waals surface area contributed by atoms with Gasteiger partial charge in [0, 0.05) is 30.8 Å². The molecular weight excluding hydrogens is 372 g/mol. The largest absolute Gasteiger partial charge is 0.331 e. The van der Waals surface area contributed by atoms with Crippen LogP contribution in [0.5, 0.6) is 0 Å². The predicted molar refractivity (Wildman–Crippen MR) is 127 cm³/mol. The van der Waals surface area contributed by atoms with Crippen LogP contribution in [0.1, 0.15) is 102 Å². The second-order valence-electron chi connectivity index (χ2n) is 8.69. The highest BCUT2D eigenvalue weighted by Gasteiger charge is 2.21. The van der Waals surface area contributed by atoms with E-state index in [0.717, 1.165) is 55.3 Å². The number of aromatic nitrogens is 2. The number of nitrogens with zero attached hydrogens (tertiary/aromatic N) is 2. The molecule has 0 spiro atoms. The summed E-state index contributed by atoms with van der Waals surface area (Å²) in [5.74, 6) is 0.0839. The first-order chi connectivity index (χ1) is 14.5. The monoisotopic (exact) mass is 412 g/mol. The van der Waals surface area contributed by atoms with E-state index in [4.69, 9.17) is 0 Å². The molecule has 4 nitrogen and oxygen atoms in total. The highest BCUT2D eigenvalue weighted by Crippen LogP contribution is 2.19. The van der Waals surface area contributed by atoms with E-state index < -0.39 is 0 Å². The van der Waals surface area contributed by atoms with Gasteiger partial charge in [-0.1, -0.05) is 96.6 Å². The standard InChI is InChI=1S/C26H40N2O2/c1-5-7-9-14-18-27-23(20-22-16-12-11-13-17-22)24(21(3)4)25(29)28(26(27)30)19-15-10-8-6-2/h11-13,16-17,21H,5-10,14-15,18-20H2,1-4H3. The van der Waals surface area contributed by atoms with Crippen molar-refractivity contribution in [1.82, 2.24) is 9.13 Å². The summed E-state index contributed by atoms with van der Waals surface area (Å²) in [5, 5.41) is 0. The minimum atomic E-state index is -0.122. The fourth-order valence-electron chi connectivity index (χ4n) is 4.14. The molecule has 0 atom stereocenters. The van der Waals surface area contributed by atoms with Crippen LogP contribution >= 0.6 is 0 Å². The Morgan fingerprint density at radius 3 is 1.87 bits per heavy atom. The maximum absolute atomic E-state index is 13.4. The molecule has 1 heterocycles. The van der Waals surface area contributed by atoms with E-state index in [-0.39, 0.29) is 17.2 Å². The van der Waals surface area contributed by atoms with Crippen molar-refractivity contribution in [3.63, 3.8) is 0 Å². The van der Waals surface area contributed by atoms with E-state index in [1.54, 1.807) is 0 Å². The lowest BCUT2D eigenvalue weighted by Gasteiger charge is -2.21. The van der Waals surface area contributed by atoms with Crippen LogP contribution in [0.25, 0.3) is 0 Å². The lowest BCUT2D eigenvalue weighted by atomic mass is 9.97. The van der Waals surface area contributed by atoms with Gasteiger partial charge in [0.25, 0.3) is 5.56 Å². The van der Waals surface area contributed by atoms with Crippen LogP contribution in [-0.4, -0.2) is 9.13 Å². The molecule has 1 aromatic heterocycles. The smallest absolute Gasteiger partial charge is 0.297 e. The molecule has 0 saturated heterocycles. The van der Waals surface area contributed by atoms with Crippen molar-refractivity contribution in [3.8, 4) is 0 Å². The van der Waals surface area contributed by atoms with Gasteiger partial charge in [0.2, 0.25) is 0 Å². The van der Waals surface area contributed by atoms with Crippen molar-refractivity contribution in [2.75, 3.05) is 0 Å². The zero-order valence-electron chi connectivity index (χ0n) is 19.5. The fourth-order valence-corrected chi connectivity index (χ4v) is 4.14. The van der Waals surface area contributed by atoms with E-state index >= 15 is 0 Å². The molecule has 0 radical (unpaired) electrons. The van der Waals surface area contributed by atoms with Gasteiger partial charge in [0.1, 0.15) is 0 Å². The van der Waals surface area contributed by atoms with Crippen LogP contribution in [-0.2, 0) is 19.5 Å². The maximum atomic E-state index is 13.4. The van der Waals surface area contributed by atoms with Crippen molar-refractivity contribution >= 4 is 0 Å². The van der Waals surface area contributed by atoms with Gasteiger partial charge in [-0.25, -0.2) is 4.79 Å². The van der Waals surface area contributed by atoms with Crippen molar-refractivity contribution in [1.29, 1.82) is 0 Å². The molecule has 4 heteroatoms. The Morgan fingerprint density at radius 1 is 0.767 bits per heavy atom. The Balaban J connectivity index is 2.52. The third-order valence-corrected chi connectivity index (χ3v) is 5.84. The molecule has 0 bridgehead atoms. The zero-order valence-corrected chi connectivity index (χ0v) is 19.5. The van der Waals surface area contributed by atoms with Crippen molar-refractivity contribution in [2.24, 2.45) is 0 Å². The summed E-state index contributed by atoms with van der Waals surface area (Å²) in [6, 6.07) is 10.2.